The van der Waals surface area contributed by atoms with Gasteiger partial charge in [0.2, 0.25) is 12.2 Å². The van der Waals surface area contributed by atoms with Crippen LogP contribution in [-0.4, -0.2) is 48.2 Å². The van der Waals surface area contributed by atoms with Crippen molar-refractivity contribution in [1.29, 1.82) is 5.26 Å². The van der Waals surface area contributed by atoms with Gasteiger partial charge in [-0.05, 0) is 37.3 Å². The molecule has 174 valence electrons. The number of anilines is 1. The number of nitriles is 1. The zero-order valence-corrected chi connectivity index (χ0v) is 18.7. The molecule has 1 aliphatic rings. The Morgan fingerprint density at radius 2 is 2.00 bits per heavy atom. The number of nitro groups is 1. The van der Waals surface area contributed by atoms with Crippen molar-refractivity contribution in [2.24, 2.45) is 4.99 Å². The molecular weight excluding hydrogens is 454 g/mol. The lowest BCUT2D eigenvalue weighted by Crippen LogP contribution is -2.62. The van der Waals surface area contributed by atoms with Gasteiger partial charge in [-0.2, -0.15) is 5.26 Å². The zero-order valence-electron chi connectivity index (χ0n) is 18.0. The molecule has 3 atom stereocenters. The van der Waals surface area contributed by atoms with Gasteiger partial charge < -0.3 is 30.0 Å². The quantitative estimate of drug-likeness (QED) is 0.143. The summed E-state index contributed by atoms with van der Waals surface area (Å²) < 4.78 is 16.7. The van der Waals surface area contributed by atoms with E-state index in [2.05, 4.69) is 15.6 Å². The van der Waals surface area contributed by atoms with Gasteiger partial charge in [0.1, 0.15) is 11.9 Å². The van der Waals surface area contributed by atoms with E-state index < -0.39 is 29.0 Å². The maximum atomic E-state index is 11.3. The van der Waals surface area contributed by atoms with E-state index in [0.29, 0.717) is 16.3 Å². The highest BCUT2D eigenvalue weighted by Crippen LogP contribution is 2.43. The number of halogens is 1. The van der Waals surface area contributed by atoms with Gasteiger partial charge in [0.15, 0.2) is 11.9 Å². The van der Waals surface area contributed by atoms with Gasteiger partial charge in [0, 0.05) is 42.6 Å². The Balaban J connectivity index is 2.05. The maximum Gasteiger partial charge on any atom is 0.270 e. The number of fused-ring (bicyclic) bond motifs is 1. The largest absolute Gasteiger partial charge is 0.479 e. The molecule has 0 bridgehead atoms. The SMILES string of the molecule is COC(OC)[C@@]1(C)Oc2ccc([N+](=O)[O-])cc2[C@H](NC(=NC#N)Nc2ccc(Cl)cc2)[C@H]1O. The second kappa shape index (κ2) is 10.0. The normalized spacial score (nSPS) is 22.2. The summed E-state index contributed by atoms with van der Waals surface area (Å²) in [6, 6.07) is 9.66. The van der Waals surface area contributed by atoms with Crippen LogP contribution in [0.2, 0.25) is 5.02 Å². The molecule has 2 aromatic carbocycles. The van der Waals surface area contributed by atoms with Crippen LogP contribution in [0.3, 0.4) is 0 Å². The number of methoxy groups -OCH3 is 2. The number of aliphatic hydroxyl groups is 1. The van der Waals surface area contributed by atoms with Crippen LogP contribution in [-0.2, 0) is 9.47 Å². The van der Waals surface area contributed by atoms with E-state index in [9.17, 15) is 20.5 Å². The number of hydrogen-bond acceptors (Lipinski definition) is 8. The van der Waals surface area contributed by atoms with E-state index in [1.807, 2.05) is 0 Å². The van der Waals surface area contributed by atoms with Gasteiger partial charge in [-0.25, -0.2) is 0 Å². The molecule has 0 spiro atoms. The first kappa shape index (κ1) is 24.2. The number of hydrogen-bond donors (Lipinski definition) is 3. The maximum absolute atomic E-state index is 11.3. The monoisotopic (exact) mass is 475 g/mol. The number of nitrogens with zero attached hydrogens (tertiary/aromatic N) is 3. The molecule has 0 radical (unpaired) electrons. The Morgan fingerprint density at radius 1 is 1.33 bits per heavy atom. The molecule has 3 rings (SSSR count). The van der Waals surface area contributed by atoms with Gasteiger partial charge >= 0.3 is 0 Å². The molecule has 2 aromatic rings. The first-order valence-electron chi connectivity index (χ1n) is 9.70. The van der Waals surface area contributed by atoms with E-state index in [1.165, 1.54) is 32.4 Å². The number of aliphatic hydroxyl groups excluding tert-OH is 1. The van der Waals surface area contributed by atoms with Crippen LogP contribution in [0.15, 0.2) is 47.5 Å². The Morgan fingerprint density at radius 3 is 2.58 bits per heavy atom. The molecule has 1 heterocycles. The molecule has 0 fully saturated rings. The van der Waals surface area contributed by atoms with E-state index in [-0.39, 0.29) is 17.4 Å². The summed E-state index contributed by atoms with van der Waals surface area (Å²) in [7, 11) is 2.79. The molecule has 12 heteroatoms. The predicted octanol–water partition coefficient (Wildman–Crippen LogP) is 2.96. The molecule has 0 aliphatic carbocycles. The molecule has 0 saturated heterocycles. The van der Waals surface area contributed by atoms with Crippen LogP contribution in [0.5, 0.6) is 5.75 Å². The average Bonchev–Trinajstić information content (AvgIpc) is 2.79. The van der Waals surface area contributed by atoms with Crippen molar-refractivity contribution < 1.29 is 24.2 Å². The van der Waals surface area contributed by atoms with E-state index in [0.717, 1.165) is 0 Å². The summed E-state index contributed by atoms with van der Waals surface area (Å²) in [5.41, 5.74) is -0.748. The van der Waals surface area contributed by atoms with Crippen LogP contribution in [0.4, 0.5) is 11.4 Å². The molecule has 3 N–H and O–H groups in total. The Hall–Kier alpha value is -3.43. The van der Waals surface area contributed by atoms with Crippen molar-refractivity contribution >= 4 is 28.9 Å². The number of nitro benzene ring substituents is 1. The van der Waals surface area contributed by atoms with Gasteiger partial charge in [-0.3, -0.25) is 10.1 Å². The number of guanidine groups is 1. The van der Waals surface area contributed by atoms with E-state index >= 15 is 0 Å². The van der Waals surface area contributed by atoms with Crippen molar-refractivity contribution in [2.45, 2.75) is 31.0 Å². The topological polar surface area (TPSA) is 151 Å². The van der Waals surface area contributed by atoms with Crippen LogP contribution in [0.25, 0.3) is 0 Å². The third-order valence-corrected chi connectivity index (χ3v) is 5.48. The van der Waals surface area contributed by atoms with Crippen molar-refractivity contribution in [1.82, 2.24) is 5.32 Å². The third kappa shape index (κ3) is 4.99. The average molecular weight is 476 g/mol. The van der Waals surface area contributed by atoms with Crippen molar-refractivity contribution in [3.63, 3.8) is 0 Å². The van der Waals surface area contributed by atoms with Crippen LogP contribution in [0, 0.1) is 21.6 Å². The number of benzene rings is 2. The van der Waals surface area contributed by atoms with Crippen LogP contribution in [0.1, 0.15) is 18.5 Å². The summed E-state index contributed by atoms with van der Waals surface area (Å²) in [6.07, 6.45) is -0.636. The Labute approximate surface area is 194 Å². The number of non-ortho nitro benzene ring substituents is 1. The smallest absolute Gasteiger partial charge is 0.270 e. The molecular formula is C21H22ClN5O6. The minimum Gasteiger partial charge on any atom is -0.479 e. The second-order valence-electron chi connectivity index (χ2n) is 7.33. The fourth-order valence-corrected chi connectivity index (χ4v) is 3.78. The predicted molar refractivity (Wildman–Crippen MR) is 120 cm³/mol. The standard InChI is InChI=1S/C21H22ClN5O6/c1-21(19(31-2)32-3)18(28)17(15-10-14(27(29)30)8-9-16(15)33-21)26-20(24-11-23)25-13-6-4-12(22)5-7-13/h4-10,17-19,28H,1-3H3,(H2,24,25,26)/t17-,18+,21-/m0/s1. The van der Waals surface area contributed by atoms with Crippen molar-refractivity contribution in [3.05, 3.63) is 63.2 Å². The fourth-order valence-electron chi connectivity index (χ4n) is 3.66. The van der Waals surface area contributed by atoms with Gasteiger partial charge in [0.25, 0.3) is 5.69 Å². The zero-order chi connectivity index (χ0) is 24.2. The molecule has 1 aliphatic heterocycles. The van der Waals surface area contributed by atoms with Gasteiger partial charge in [-0.1, -0.05) is 11.6 Å². The molecule has 33 heavy (non-hydrogen) atoms. The lowest BCUT2D eigenvalue weighted by Gasteiger charge is -2.46. The lowest BCUT2D eigenvalue weighted by atomic mass is 9.84. The highest BCUT2D eigenvalue weighted by atomic mass is 35.5. The van der Waals surface area contributed by atoms with E-state index in [1.54, 1.807) is 37.4 Å². The second-order valence-corrected chi connectivity index (χ2v) is 7.76. The van der Waals surface area contributed by atoms with E-state index in [4.69, 9.17) is 25.8 Å². The Bertz CT molecular complexity index is 1090. The Kier molecular flexibility index (Phi) is 7.35. The molecule has 0 unspecified atom stereocenters. The molecule has 0 aromatic heterocycles. The summed E-state index contributed by atoms with van der Waals surface area (Å²) in [5, 5.41) is 38.3. The molecule has 0 amide bonds. The highest BCUT2D eigenvalue weighted by molar-refractivity contribution is 6.30. The number of ether oxygens (including phenoxy) is 3. The van der Waals surface area contributed by atoms with Gasteiger partial charge in [0.05, 0.1) is 11.0 Å². The fraction of sp³-hybridized carbons (Fsp3) is 0.333. The van der Waals surface area contributed by atoms with Gasteiger partial charge in [-0.15, -0.1) is 4.99 Å². The first-order chi connectivity index (χ1) is 15.7. The summed E-state index contributed by atoms with van der Waals surface area (Å²) in [6.45, 7) is 1.59. The lowest BCUT2D eigenvalue weighted by molar-refractivity contribution is -0.385. The summed E-state index contributed by atoms with van der Waals surface area (Å²) in [4.78, 5) is 14.5. The number of aliphatic imine (C=N–C) groups is 1. The molecule has 0 saturated carbocycles. The van der Waals surface area contributed by atoms with Crippen molar-refractivity contribution in [3.8, 4) is 11.9 Å². The first-order valence-corrected chi connectivity index (χ1v) is 10.1. The molecule has 11 nitrogen and oxygen atoms in total. The van der Waals surface area contributed by atoms with Crippen molar-refractivity contribution in [2.75, 3.05) is 19.5 Å². The highest BCUT2D eigenvalue weighted by Gasteiger charge is 2.52. The number of nitrogens with one attached hydrogen (secondary N) is 2. The summed E-state index contributed by atoms with van der Waals surface area (Å²) >= 11 is 5.92. The van der Waals surface area contributed by atoms with Crippen LogP contribution >= 0.6 is 11.6 Å². The third-order valence-electron chi connectivity index (χ3n) is 5.23. The summed E-state index contributed by atoms with van der Waals surface area (Å²) in [5.74, 6) is 0.268. The van der Waals surface area contributed by atoms with Crippen LogP contribution < -0.4 is 15.4 Å². The minimum atomic E-state index is -1.41. The minimum absolute atomic E-state index is 0.00281. The number of rotatable bonds is 6.